The Kier molecular flexibility index (Phi) is 2.11. The van der Waals surface area contributed by atoms with Crippen LogP contribution >= 0.6 is 11.3 Å². The second-order valence-corrected chi connectivity index (χ2v) is 4.49. The summed E-state index contributed by atoms with van der Waals surface area (Å²) in [7, 11) is 0. The van der Waals surface area contributed by atoms with Crippen molar-refractivity contribution < 1.29 is 5.11 Å². The highest BCUT2D eigenvalue weighted by molar-refractivity contribution is 7.09. The molecule has 0 fully saturated rings. The number of thiophene rings is 1. The van der Waals surface area contributed by atoms with Crippen LogP contribution in [0.15, 0.2) is 35.8 Å². The molecule has 3 heterocycles. The Morgan fingerprint density at radius 3 is 3.00 bits per heavy atom. The third-order valence-electron chi connectivity index (χ3n) is 2.40. The van der Waals surface area contributed by atoms with Gasteiger partial charge in [0.15, 0.2) is 5.75 Å². The Hall–Kier alpha value is -1.88. The molecule has 5 heteroatoms. The molecular weight excluding hydrogens is 222 g/mol. The number of pyridine rings is 1. The zero-order valence-corrected chi connectivity index (χ0v) is 9.18. The normalized spacial score (nSPS) is 11.0. The largest absolute Gasteiger partial charge is 0.504 e. The van der Waals surface area contributed by atoms with Crippen LogP contribution < -0.4 is 0 Å². The third kappa shape index (κ3) is 1.45. The molecule has 0 radical (unpaired) electrons. The molecule has 3 aromatic heterocycles. The summed E-state index contributed by atoms with van der Waals surface area (Å²) in [5.74, 6) is 1.00. The predicted molar refractivity (Wildman–Crippen MR) is 61.8 cm³/mol. The molecule has 0 unspecified atom stereocenters. The van der Waals surface area contributed by atoms with Gasteiger partial charge in [-0.25, -0.2) is 0 Å². The van der Waals surface area contributed by atoms with Crippen molar-refractivity contribution in [3.05, 3.63) is 46.5 Å². The van der Waals surface area contributed by atoms with Crippen molar-refractivity contribution in [2.75, 3.05) is 0 Å². The molecule has 4 nitrogen and oxygen atoms in total. The van der Waals surface area contributed by atoms with E-state index in [0.29, 0.717) is 5.65 Å². The highest BCUT2D eigenvalue weighted by atomic mass is 32.1. The van der Waals surface area contributed by atoms with Crippen molar-refractivity contribution in [3.63, 3.8) is 0 Å². The van der Waals surface area contributed by atoms with Crippen LogP contribution in [0.3, 0.4) is 0 Å². The number of rotatable bonds is 2. The van der Waals surface area contributed by atoms with Gasteiger partial charge in [-0.1, -0.05) is 6.07 Å². The van der Waals surface area contributed by atoms with Crippen LogP contribution in [0.1, 0.15) is 10.7 Å². The number of nitrogens with zero attached hydrogens (tertiary/aromatic N) is 3. The molecule has 16 heavy (non-hydrogen) atoms. The molecule has 0 amide bonds. The monoisotopic (exact) mass is 231 g/mol. The number of hydrogen-bond donors (Lipinski definition) is 1. The first-order valence-electron chi connectivity index (χ1n) is 4.88. The fraction of sp³-hybridized carbons (Fsp3) is 0.0909. The van der Waals surface area contributed by atoms with Crippen LogP contribution in [-0.2, 0) is 6.42 Å². The van der Waals surface area contributed by atoms with Gasteiger partial charge in [0, 0.05) is 17.5 Å². The number of hydrogen-bond acceptors (Lipinski definition) is 4. The van der Waals surface area contributed by atoms with Crippen molar-refractivity contribution in [2.24, 2.45) is 0 Å². The van der Waals surface area contributed by atoms with Crippen LogP contribution in [0.5, 0.6) is 5.75 Å². The molecule has 0 spiro atoms. The van der Waals surface area contributed by atoms with Gasteiger partial charge >= 0.3 is 0 Å². The van der Waals surface area contributed by atoms with E-state index < -0.39 is 0 Å². The fourth-order valence-electron chi connectivity index (χ4n) is 1.64. The summed E-state index contributed by atoms with van der Waals surface area (Å²) in [6.45, 7) is 0. The minimum absolute atomic E-state index is 0.160. The summed E-state index contributed by atoms with van der Waals surface area (Å²) in [4.78, 5) is 1.23. The SMILES string of the molecule is Oc1cccn2c(Cc3cccs3)nnc12. The molecule has 3 aromatic rings. The lowest BCUT2D eigenvalue weighted by atomic mass is 10.3. The molecule has 0 bridgehead atoms. The van der Waals surface area contributed by atoms with Crippen LogP contribution in [-0.4, -0.2) is 19.7 Å². The van der Waals surface area contributed by atoms with Crippen molar-refractivity contribution in [3.8, 4) is 5.75 Å². The van der Waals surface area contributed by atoms with Gasteiger partial charge in [-0.15, -0.1) is 21.5 Å². The molecular formula is C11H9N3OS. The maximum atomic E-state index is 9.59. The summed E-state index contributed by atoms with van der Waals surface area (Å²) in [5, 5.41) is 19.7. The van der Waals surface area contributed by atoms with Gasteiger partial charge in [0.25, 0.3) is 0 Å². The predicted octanol–water partition coefficient (Wildman–Crippen LogP) is 2.09. The average molecular weight is 231 g/mol. The molecule has 0 aromatic carbocycles. The summed E-state index contributed by atoms with van der Waals surface area (Å²) in [5.41, 5.74) is 0.508. The van der Waals surface area contributed by atoms with E-state index in [9.17, 15) is 5.11 Å². The number of aromatic hydroxyl groups is 1. The molecule has 0 saturated heterocycles. The Morgan fingerprint density at radius 1 is 1.25 bits per heavy atom. The molecule has 0 aliphatic carbocycles. The highest BCUT2D eigenvalue weighted by Crippen LogP contribution is 2.19. The summed E-state index contributed by atoms with van der Waals surface area (Å²) in [6.07, 6.45) is 2.60. The first-order chi connectivity index (χ1) is 7.84. The van der Waals surface area contributed by atoms with Gasteiger partial charge in [-0.2, -0.15) is 0 Å². The van der Waals surface area contributed by atoms with Gasteiger partial charge < -0.3 is 5.11 Å². The van der Waals surface area contributed by atoms with Crippen molar-refractivity contribution >= 4 is 17.0 Å². The van der Waals surface area contributed by atoms with E-state index >= 15 is 0 Å². The Bertz CT molecular complexity index is 615. The lowest BCUT2D eigenvalue weighted by Gasteiger charge is -1.98. The van der Waals surface area contributed by atoms with Gasteiger partial charge in [0.2, 0.25) is 5.65 Å². The smallest absolute Gasteiger partial charge is 0.203 e. The third-order valence-corrected chi connectivity index (χ3v) is 3.27. The van der Waals surface area contributed by atoms with Crippen LogP contribution in [0.2, 0.25) is 0 Å². The standard InChI is InChI=1S/C11H9N3OS/c15-9-4-1-5-14-10(12-13-11(9)14)7-8-3-2-6-16-8/h1-6,15H,7H2. The van der Waals surface area contributed by atoms with Crippen LogP contribution in [0, 0.1) is 0 Å². The maximum Gasteiger partial charge on any atom is 0.203 e. The summed E-state index contributed by atoms with van der Waals surface area (Å²) < 4.78 is 1.81. The maximum absolute atomic E-state index is 9.59. The van der Waals surface area contributed by atoms with E-state index in [2.05, 4.69) is 16.3 Å². The summed E-state index contributed by atoms with van der Waals surface area (Å²) >= 11 is 1.69. The second-order valence-electron chi connectivity index (χ2n) is 3.46. The Labute approximate surface area is 95.8 Å². The second kappa shape index (κ2) is 3.61. The van der Waals surface area contributed by atoms with Crippen LogP contribution in [0.25, 0.3) is 5.65 Å². The summed E-state index contributed by atoms with van der Waals surface area (Å²) in [6, 6.07) is 7.47. The number of fused-ring (bicyclic) bond motifs is 1. The van der Waals surface area contributed by atoms with Crippen molar-refractivity contribution in [2.45, 2.75) is 6.42 Å². The van der Waals surface area contributed by atoms with E-state index in [1.807, 2.05) is 22.0 Å². The first-order valence-corrected chi connectivity index (χ1v) is 5.76. The number of aromatic nitrogens is 3. The van der Waals surface area contributed by atoms with E-state index in [4.69, 9.17) is 0 Å². The lowest BCUT2D eigenvalue weighted by Crippen LogP contribution is -1.94. The quantitative estimate of drug-likeness (QED) is 0.734. The van der Waals surface area contributed by atoms with E-state index in [-0.39, 0.29) is 5.75 Å². The molecule has 0 aliphatic heterocycles. The lowest BCUT2D eigenvalue weighted by molar-refractivity contribution is 0.477. The van der Waals surface area contributed by atoms with Crippen molar-refractivity contribution in [1.29, 1.82) is 0 Å². The minimum Gasteiger partial charge on any atom is -0.504 e. The molecule has 80 valence electrons. The van der Waals surface area contributed by atoms with Gasteiger partial charge in [0.05, 0.1) is 0 Å². The first kappa shape index (κ1) is 9.35. The fourth-order valence-corrected chi connectivity index (χ4v) is 2.34. The zero-order chi connectivity index (χ0) is 11.0. The Balaban J connectivity index is 2.08. The molecule has 0 saturated carbocycles. The highest BCUT2D eigenvalue weighted by Gasteiger charge is 2.08. The average Bonchev–Trinajstić information content (AvgIpc) is 2.90. The topological polar surface area (TPSA) is 50.4 Å². The van der Waals surface area contributed by atoms with Crippen molar-refractivity contribution in [1.82, 2.24) is 14.6 Å². The van der Waals surface area contributed by atoms with Crippen LogP contribution in [0.4, 0.5) is 0 Å². The van der Waals surface area contributed by atoms with E-state index in [1.165, 1.54) is 4.88 Å². The molecule has 3 rings (SSSR count). The Morgan fingerprint density at radius 2 is 2.19 bits per heavy atom. The van der Waals surface area contributed by atoms with Gasteiger partial charge in [-0.3, -0.25) is 4.40 Å². The van der Waals surface area contributed by atoms with E-state index in [1.54, 1.807) is 23.5 Å². The molecule has 1 N–H and O–H groups in total. The van der Waals surface area contributed by atoms with Gasteiger partial charge in [-0.05, 0) is 23.6 Å². The zero-order valence-electron chi connectivity index (χ0n) is 8.37. The minimum atomic E-state index is 0.160. The van der Waals surface area contributed by atoms with Gasteiger partial charge in [0.1, 0.15) is 5.82 Å². The molecule has 0 atom stereocenters. The van der Waals surface area contributed by atoms with E-state index in [0.717, 1.165) is 12.2 Å². The molecule has 0 aliphatic rings.